The number of carbonyl (C=O) groups excluding carboxylic acids is 1. The van der Waals surface area contributed by atoms with Gasteiger partial charge in [0.05, 0.1) is 6.61 Å². The van der Waals surface area contributed by atoms with E-state index in [0.717, 1.165) is 11.8 Å². The van der Waals surface area contributed by atoms with Gasteiger partial charge in [-0.15, -0.1) is 0 Å². The predicted molar refractivity (Wildman–Crippen MR) is 58.1 cm³/mol. The number of anilines is 1. The van der Waals surface area contributed by atoms with Crippen molar-refractivity contribution in [1.82, 2.24) is 14.6 Å². The van der Waals surface area contributed by atoms with Crippen LogP contribution in [-0.4, -0.2) is 27.5 Å². The van der Waals surface area contributed by atoms with Gasteiger partial charge in [-0.3, -0.25) is 4.79 Å². The molecule has 6 heteroatoms. The molecule has 0 unspecified atom stereocenters. The molecule has 0 radical (unpaired) electrons. The molecule has 0 fully saturated rings. The summed E-state index contributed by atoms with van der Waals surface area (Å²) in [7, 11) is 0. The first kappa shape index (κ1) is 10.6. The first-order valence-electron chi connectivity index (χ1n) is 4.92. The summed E-state index contributed by atoms with van der Waals surface area (Å²) < 4.78 is 6.75. The van der Waals surface area contributed by atoms with Crippen molar-refractivity contribution in [2.24, 2.45) is 0 Å². The van der Waals surface area contributed by atoms with E-state index < -0.39 is 0 Å². The minimum atomic E-state index is 0.348. The van der Waals surface area contributed by atoms with Crippen LogP contribution in [0.1, 0.15) is 23.0 Å². The second-order valence-electron chi connectivity index (χ2n) is 3.25. The quantitative estimate of drug-likeness (QED) is 0.765. The number of nitrogen functional groups attached to an aromatic ring is 1. The standard InChI is InChI=1S/C10H12N4O2/c1-2-16-5-7-3-8-10(11)12-6-13-14(8)9(7)4-15/h3-4,6H,2,5H2,1H3,(H2,11,12,13). The van der Waals surface area contributed by atoms with Crippen LogP contribution in [0.15, 0.2) is 12.4 Å². The van der Waals surface area contributed by atoms with E-state index >= 15 is 0 Å². The molecule has 0 aliphatic rings. The van der Waals surface area contributed by atoms with E-state index in [9.17, 15) is 4.79 Å². The molecule has 2 rings (SSSR count). The Labute approximate surface area is 92.0 Å². The fraction of sp³-hybridized carbons (Fsp3) is 0.300. The fourth-order valence-corrected chi connectivity index (χ4v) is 1.53. The molecular formula is C10H12N4O2. The summed E-state index contributed by atoms with van der Waals surface area (Å²) in [6, 6.07) is 1.77. The van der Waals surface area contributed by atoms with Gasteiger partial charge in [-0.1, -0.05) is 0 Å². The zero-order valence-corrected chi connectivity index (χ0v) is 8.88. The van der Waals surface area contributed by atoms with Crippen LogP contribution in [0.2, 0.25) is 0 Å². The van der Waals surface area contributed by atoms with E-state index in [1.165, 1.54) is 10.8 Å². The summed E-state index contributed by atoms with van der Waals surface area (Å²) in [5.41, 5.74) is 7.54. The number of nitrogens with zero attached hydrogens (tertiary/aromatic N) is 3. The second kappa shape index (κ2) is 4.28. The van der Waals surface area contributed by atoms with E-state index in [4.69, 9.17) is 10.5 Å². The molecule has 0 aliphatic heterocycles. The number of aromatic nitrogens is 3. The number of hydrogen-bond acceptors (Lipinski definition) is 5. The maximum Gasteiger partial charge on any atom is 0.168 e. The summed E-state index contributed by atoms with van der Waals surface area (Å²) in [5.74, 6) is 0.348. The van der Waals surface area contributed by atoms with Crippen LogP contribution in [0, 0.1) is 0 Å². The lowest BCUT2D eigenvalue weighted by Crippen LogP contribution is -2.02. The van der Waals surface area contributed by atoms with Crippen LogP contribution in [0.5, 0.6) is 0 Å². The Morgan fingerprint density at radius 3 is 3.12 bits per heavy atom. The molecule has 0 aliphatic carbocycles. The average molecular weight is 220 g/mol. The number of fused-ring (bicyclic) bond motifs is 1. The Morgan fingerprint density at radius 2 is 2.44 bits per heavy atom. The van der Waals surface area contributed by atoms with Gasteiger partial charge in [0.2, 0.25) is 0 Å². The average Bonchev–Trinajstić information content (AvgIpc) is 2.65. The van der Waals surface area contributed by atoms with Crippen molar-refractivity contribution in [2.45, 2.75) is 13.5 Å². The topological polar surface area (TPSA) is 82.5 Å². The largest absolute Gasteiger partial charge is 0.382 e. The van der Waals surface area contributed by atoms with Gasteiger partial charge in [-0.05, 0) is 13.0 Å². The van der Waals surface area contributed by atoms with Gasteiger partial charge in [0.15, 0.2) is 12.1 Å². The number of hydrogen-bond donors (Lipinski definition) is 1. The third-order valence-electron chi connectivity index (χ3n) is 2.30. The molecule has 2 heterocycles. The first-order chi connectivity index (χ1) is 7.77. The van der Waals surface area contributed by atoms with Crippen LogP contribution in [0.3, 0.4) is 0 Å². The van der Waals surface area contributed by atoms with Crippen molar-refractivity contribution in [3.63, 3.8) is 0 Å². The molecule has 6 nitrogen and oxygen atoms in total. The van der Waals surface area contributed by atoms with Gasteiger partial charge >= 0.3 is 0 Å². The minimum absolute atomic E-state index is 0.348. The number of ether oxygens (including phenoxy) is 1. The van der Waals surface area contributed by atoms with Crippen LogP contribution in [0.25, 0.3) is 5.52 Å². The number of aldehydes is 1. The molecule has 16 heavy (non-hydrogen) atoms. The van der Waals surface area contributed by atoms with Crippen LogP contribution < -0.4 is 5.73 Å². The molecule has 84 valence electrons. The van der Waals surface area contributed by atoms with Gasteiger partial charge in [0.25, 0.3) is 0 Å². The third kappa shape index (κ3) is 1.63. The number of nitrogens with two attached hydrogens (primary N) is 1. The highest BCUT2D eigenvalue weighted by Gasteiger charge is 2.12. The second-order valence-corrected chi connectivity index (χ2v) is 3.25. The molecule has 2 N–H and O–H groups in total. The first-order valence-corrected chi connectivity index (χ1v) is 4.92. The zero-order chi connectivity index (χ0) is 11.5. The number of rotatable bonds is 4. The maximum absolute atomic E-state index is 11.0. The highest BCUT2D eigenvalue weighted by Crippen LogP contribution is 2.18. The maximum atomic E-state index is 11.0. The summed E-state index contributed by atoms with van der Waals surface area (Å²) >= 11 is 0. The Morgan fingerprint density at radius 1 is 1.62 bits per heavy atom. The van der Waals surface area contributed by atoms with Crippen molar-refractivity contribution in [3.05, 3.63) is 23.7 Å². The highest BCUT2D eigenvalue weighted by molar-refractivity contribution is 5.81. The van der Waals surface area contributed by atoms with Gasteiger partial charge < -0.3 is 10.5 Å². The summed E-state index contributed by atoms with van der Waals surface area (Å²) in [5, 5.41) is 3.98. The molecule has 0 aromatic carbocycles. The van der Waals surface area contributed by atoms with Crippen molar-refractivity contribution in [3.8, 4) is 0 Å². The molecule has 0 spiro atoms. The Kier molecular flexibility index (Phi) is 2.82. The van der Waals surface area contributed by atoms with Crippen molar-refractivity contribution >= 4 is 17.6 Å². The van der Waals surface area contributed by atoms with Gasteiger partial charge in [-0.2, -0.15) is 5.10 Å². The lowest BCUT2D eigenvalue weighted by atomic mass is 10.2. The van der Waals surface area contributed by atoms with E-state index in [1.807, 2.05) is 6.92 Å². The Balaban J connectivity index is 2.57. The normalized spacial score (nSPS) is 10.8. The van der Waals surface area contributed by atoms with Crippen LogP contribution in [-0.2, 0) is 11.3 Å². The van der Waals surface area contributed by atoms with Crippen LogP contribution in [0.4, 0.5) is 5.82 Å². The molecule has 0 bridgehead atoms. The Bertz CT molecular complexity index is 521. The summed E-state index contributed by atoms with van der Waals surface area (Å²) in [4.78, 5) is 14.9. The molecule has 0 saturated carbocycles. The summed E-state index contributed by atoms with van der Waals surface area (Å²) in [6.45, 7) is 2.85. The summed E-state index contributed by atoms with van der Waals surface area (Å²) in [6.07, 6.45) is 2.06. The van der Waals surface area contributed by atoms with E-state index in [1.54, 1.807) is 6.07 Å². The molecule has 2 aromatic rings. The fourth-order valence-electron chi connectivity index (χ4n) is 1.53. The lowest BCUT2D eigenvalue weighted by molar-refractivity contribution is 0.110. The smallest absolute Gasteiger partial charge is 0.168 e. The lowest BCUT2D eigenvalue weighted by Gasteiger charge is -1.99. The van der Waals surface area contributed by atoms with Crippen LogP contribution >= 0.6 is 0 Å². The third-order valence-corrected chi connectivity index (χ3v) is 2.30. The Hall–Kier alpha value is -1.95. The van der Waals surface area contributed by atoms with E-state index in [0.29, 0.717) is 30.2 Å². The molecule has 0 atom stereocenters. The SMILES string of the molecule is CCOCc1cc2c(N)ncnn2c1C=O. The molecule has 0 amide bonds. The molecular weight excluding hydrogens is 208 g/mol. The van der Waals surface area contributed by atoms with Gasteiger partial charge in [0, 0.05) is 12.2 Å². The van der Waals surface area contributed by atoms with Gasteiger partial charge in [-0.25, -0.2) is 9.50 Å². The monoisotopic (exact) mass is 220 g/mol. The number of carbonyl (C=O) groups is 1. The highest BCUT2D eigenvalue weighted by atomic mass is 16.5. The predicted octanol–water partition coefficient (Wildman–Crippen LogP) is 0.660. The molecule has 0 saturated heterocycles. The van der Waals surface area contributed by atoms with Crippen molar-refractivity contribution in [2.75, 3.05) is 12.3 Å². The van der Waals surface area contributed by atoms with E-state index in [-0.39, 0.29) is 0 Å². The molecule has 2 aromatic heterocycles. The zero-order valence-electron chi connectivity index (χ0n) is 8.88. The van der Waals surface area contributed by atoms with E-state index in [2.05, 4.69) is 10.1 Å². The van der Waals surface area contributed by atoms with Crippen molar-refractivity contribution < 1.29 is 9.53 Å². The van der Waals surface area contributed by atoms with Crippen molar-refractivity contribution in [1.29, 1.82) is 0 Å². The van der Waals surface area contributed by atoms with Gasteiger partial charge in [0.1, 0.15) is 17.5 Å². The minimum Gasteiger partial charge on any atom is -0.382 e.